The van der Waals surface area contributed by atoms with Crippen LogP contribution in [0.1, 0.15) is 80.1 Å². The molecule has 0 aliphatic carbocycles. The van der Waals surface area contributed by atoms with Crippen molar-refractivity contribution in [3.05, 3.63) is 0 Å². The van der Waals surface area contributed by atoms with Crippen LogP contribution in [0, 0.1) is 16.7 Å². The lowest BCUT2D eigenvalue weighted by Crippen LogP contribution is -2.15. The van der Waals surface area contributed by atoms with Crippen LogP contribution in [0.5, 0.6) is 0 Å². The number of rotatable bonds is 7. The van der Waals surface area contributed by atoms with Crippen LogP contribution in [0.15, 0.2) is 0 Å². The first-order valence-corrected chi connectivity index (χ1v) is 7.25. The molecule has 0 bridgehead atoms. The zero-order valence-electron chi connectivity index (χ0n) is 13.0. The third-order valence-corrected chi connectivity index (χ3v) is 3.23. The molecule has 0 aromatic carbocycles. The first-order valence-electron chi connectivity index (χ1n) is 7.25. The Morgan fingerprint density at radius 3 is 1.82 bits per heavy atom. The van der Waals surface area contributed by atoms with Gasteiger partial charge in [0.05, 0.1) is 0 Å². The molecule has 0 unspecified atom stereocenters. The van der Waals surface area contributed by atoms with Gasteiger partial charge in [0.15, 0.2) is 0 Å². The standard InChI is InChI=1S/C16H34O/c1-15(2,3)11-8-7-9-14(10-12-17)13-16(4,5)6/h14,17H,7-13H2,1-6H3/t14-/m0/s1. The summed E-state index contributed by atoms with van der Waals surface area (Å²) in [5, 5.41) is 9.12. The molecule has 1 heteroatoms. The second kappa shape index (κ2) is 7.41. The average molecular weight is 242 g/mol. The Bertz CT molecular complexity index is 183. The van der Waals surface area contributed by atoms with E-state index in [1.54, 1.807) is 0 Å². The molecule has 1 N–H and O–H groups in total. The van der Waals surface area contributed by atoms with Gasteiger partial charge in [-0.05, 0) is 36.0 Å². The fraction of sp³-hybridized carbons (Fsp3) is 1.00. The van der Waals surface area contributed by atoms with Crippen LogP contribution in [-0.4, -0.2) is 11.7 Å². The molecule has 17 heavy (non-hydrogen) atoms. The lowest BCUT2D eigenvalue weighted by molar-refractivity contribution is 0.205. The Morgan fingerprint density at radius 1 is 0.824 bits per heavy atom. The van der Waals surface area contributed by atoms with Gasteiger partial charge in [-0.1, -0.05) is 60.8 Å². The highest BCUT2D eigenvalue weighted by atomic mass is 16.3. The minimum atomic E-state index is 0.347. The SMILES string of the molecule is CC(C)(C)CCCC[C@@H](CCO)CC(C)(C)C. The Hall–Kier alpha value is -0.0400. The molecule has 0 heterocycles. The van der Waals surface area contributed by atoms with E-state index < -0.39 is 0 Å². The van der Waals surface area contributed by atoms with Gasteiger partial charge in [-0.2, -0.15) is 0 Å². The van der Waals surface area contributed by atoms with Crippen molar-refractivity contribution in [2.24, 2.45) is 16.7 Å². The normalized spacial score (nSPS) is 15.0. The lowest BCUT2D eigenvalue weighted by Gasteiger charge is -2.26. The van der Waals surface area contributed by atoms with Crippen LogP contribution in [0.3, 0.4) is 0 Å². The van der Waals surface area contributed by atoms with Crippen LogP contribution >= 0.6 is 0 Å². The average Bonchev–Trinajstić information content (AvgIpc) is 2.08. The maximum absolute atomic E-state index is 9.12. The van der Waals surface area contributed by atoms with Crippen LogP contribution in [0.2, 0.25) is 0 Å². The summed E-state index contributed by atoms with van der Waals surface area (Å²) >= 11 is 0. The van der Waals surface area contributed by atoms with Crippen molar-refractivity contribution in [1.82, 2.24) is 0 Å². The molecule has 1 nitrogen and oxygen atoms in total. The van der Waals surface area contributed by atoms with Crippen molar-refractivity contribution < 1.29 is 5.11 Å². The van der Waals surface area contributed by atoms with Gasteiger partial charge in [0.25, 0.3) is 0 Å². The van der Waals surface area contributed by atoms with E-state index in [2.05, 4.69) is 41.5 Å². The summed E-state index contributed by atoms with van der Waals surface area (Å²) in [5.74, 6) is 0.708. The highest BCUT2D eigenvalue weighted by Gasteiger charge is 2.18. The molecular formula is C16H34O. The van der Waals surface area contributed by atoms with Crippen molar-refractivity contribution >= 4 is 0 Å². The van der Waals surface area contributed by atoms with Crippen LogP contribution in [0.4, 0.5) is 0 Å². The molecule has 1 atom stereocenters. The minimum Gasteiger partial charge on any atom is -0.396 e. The highest BCUT2D eigenvalue weighted by Crippen LogP contribution is 2.30. The summed E-state index contributed by atoms with van der Waals surface area (Å²) in [7, 11) is 0. The molecule has 0 fully saturated rings. The molecule has 0 aliphatic rings. The number of unbranched alkanes of at least 4 members (excludes halogenated alkanes) is 1. The van der Waals surface area contributed by atoms with E-state index in [4.69, 9.17) is 5.11 Å². The number of hydrogen-bond donors (Lipinski definition) is 1. The summed E-state index contributed by atoms with van der Waals surface area (Å²) in [6.07, 6.45) is 7.46. The molecule has 0 aliphatic heterocycles. The van der Waals surface area contributed by atoms with Gasteiger partial charge in [0.1, 0.15) is 0 Å². The minimum absolute atomic E-state index is 0.347. The van der Waals surface area contributed by atoms with E-state index in [0.717, 1.165) is 6.42 Å². The zero-order chi connectivity index (χ0) is 13.5. The molecule has 0 saturated carbocycles. The van der Waals surface area contributed by atoms with Crippen LogP contribution in [0.25, 0.3) is 0 Å². The number of hydrogen-bond acceptors (Lipinski definition) is 1. The molecular weight excluding hydrogens is 208 g/mol. The van der Waals surface area contributed by atoms with Gasteiger partial charge in [-0.15, -0.1) is 0 Å². The molecule has 0 aromatic rings. The van der Waals surface area contributed by atoms with Crippen LogP contribution < -0.4 is 0 Å². The van der Waals surface area contributed by atoms with Crippen molar-refractivity contribution in [2.75, 3.05) is 6.61 Å². The van der Waals surface area contributed by atoms with Gasteiger partial charge in [0.2, 0.25) is 0 Å². The van der Waals surface area contributed by atoms with Gasteiger partial charge in [-0.25, -0.2) is 0 Å². The van der Waals surface area contributed by atoms with E-state index >= 15 is 0 Å². The molecule has 0 spiro atoms. The zero-order valence-corrected chi connectivity index (χ0v) is 13.0. The van der Waals surface area contributed by atoms with Gasteiger partial charge in [0, 0.05) is 6.61 Å². The summed E-state index contributed by atoms with van der Waals surface area (Å²) in [5.41, 5.74) is 0.861. The summed E-state index contributed by atoms with van der Waals surface area (Å²) in [4.78, 5) is 0. The van der Waals surface area contributed by atoms with Crippen molar-refractivity contribution in [3.63, 3.8) is 0 Å². The predicted octanol–water partition coefficient (Wildman–Crippen LogP) is 5.03. The fourth-order valence-electron chi connectivity index (χ4n) is 2.49. The molecule has 0 radical (unpaired) electrons. The quantitative estimate of drug-likeness (QED) is 0.621. The van der Waals surface area contributed by atoms with E-state index in [1.165, 1.54) is 32.1 Å². The third kappa shape index (κ3) is 12.2. The van der Waals surface area contributed by atoms with Crippen LogP contribution in [-0.2, 0) is 0 Å². The second-order valence-electron chi connectivity index (χ2n) is 7.95. The summed E-state index contributed by atoms with van der Waals surface area (Å²) < 4.78 is 0. The molecule has 0 rings (SSSR count). The number of aliphatic hydroxyl groups is 1. The molecule has 104 valence electrons. The van der Waals surface area contributed by atoms with E-state index in [9.17, 15) is 0 Å². The summed E-state index contributed by atoms with van der Waals surface area (Å²) in [6.45, 7) is 14.2. The first kappa shape index (κ1) is 17.0. The Morgan fingerprint density at radius 2 is 1.41 bits per heavy atom. The topological polar surface area (TPSA) is 20.2 Å². The first-order chi connectivity index (χ1) is 7.64. The fourth-order valence-corrected chi connectivity index (χ4v) is 2.49. The number of aliphatic hydroxyl groups excluding tert-OH is 1. The Balaban J connectivity index is 3.85. The van der Waals surface area contributed by atoms with E-state index in [-0.39, 0.29) is 0 Å². The van der Waals surface area contributed by atoms with Gasteiger partial charge >= 0.3 is 0 Å². The largest absolute Gasteiger partial charge is 0.396 e. The third-order valence-electron chi connectivity index (χ3n) is 3.23. The van der Waals surface area contributed by atoms with Gasteiger partial charge in [-0.3, -0.25) is 0 Å². The smallest absolute Gasteiger partial charge is 0.0433 e. The highest BCUT2D eigenvalue weighted by molar-refractivity contribution is 4.70. The summed E-state index contributed by atoms with van der Waals surface area (Å²) in [6, 6.07) is 0. The van der Waals surface area contributed by atoms with Crippen molar-refractivity contribution in [1.29, 1.82) is 0 Å². The maximum atomic E-state index is 9.12. The lowest BCUT2D eigenvalue weighted by atomic mass is 9.80. The molecule has 0 aromatic heterocycles. The van der Waals surface area contributed by atoms with Gasteiger partial charge < -0.3 is 5.11 Å². The molecule has 0 saturated heterocycles. The van der Waals surface area contributed by atoms with Crippen molar-refractivity contribution in [2.45, 2.75) is 80.1 Å². The Kier molecular flexibility index (Phi) is 7.39. The monoisotopic (exact) mass is 242 g/mol. The second-order valence-corrected chi connectivity index (χ2v) is 7.95. The van der Waals surface area contributed by atoms with Crippen molar-refractivity contribution in [3.8, 4) is 0 Å². The molecule has 0 amide bonds. The Labute approximate surface area is 109 Å². The predicted molar refractivity (Wildman–Crippen MR) is 77.2 cm³/mol. The van der Waals surface area contributed by atoms with E-state index in [1.807, 2.05) is 0 Å². The van der Waals surface area contributed by atoms with E-state index in [0.29, 0.717) is 23.4 Å². The maximum Gasteiger partial charge on any atom is 0.0433 e.